The molecule has 0 aliphatic carbocycles. The molecule has 0 heterocycles. The lowest BCUT2D eigenvalue weighted by molar-refractivity contribution is 0.475. The minimum absolute atomic E-state index is 0.143. The standard InChI is InChI=1S/C14H19OSi/c1-10(11(2)15-16)12-8-6-7-9-13(12)14(3,4)5/h6-9H,1-5H3. The van der Waals surface area contributed by atoms with Crippen molar-refractivity contribution in [1.82, 2.24) is 0 Å². The molecule has 1 rings (SSSR count). The molecule has 3 radical (unpaired) electrons. The summed E-state index contributed by atoms with van der Waals surface area (Å²) in [5, 5.41) is 0. The van der Waals surface area contributed by atoms with Crippen LogP contribution in [0.25, 0.3) is 5.57 Å². The van der Waals surface area contributed by atoms with Gasteiger partial charge in [0.1, 0.15) is 0 Å². The fraction of sp³-hybridized carbons (Fsp3) is 0.429. The predicted octanol–water partition coefficient (Wildman–Crippen LogP) is 3.84. The van der Waals surface area contributed by atoms with Gasteiger partial charge in [-0.15, -0.1) is 0 Å². The third kappa shape index (κ3) is 2.76. The Bertz CT molecular complexity index is 399. The number of rotatable bonds is 2. The second-order valence-corrected chi connectivity index (χ2v) is 5.28. The molecule has 0 unspecified atom stereocenters. The minimum Gasteiger partial charge on any atom is -0.543 e. The van der Waals surface area contributed by atoms with E-state index in [1.165, 1.54) is 16.7 Å². The van der Waals surface area contributed by atoms with Gasteiger partial charge in [0.15, 0.2) is 0 Å². The van der Waals surface area contributed by atoms with Gasteiger partial charge >= 0.3 is 10.5 Å². The zero-order valence-electron chi connectivity index (χ0n) is 10.7. The average molecular weight is 231 g/mol. The Morgan fingerprint density at radius 3 is 2.19 bits per heavy atom. The van der Waals surface area contributed by atoms with Crippen LogP contribution in [0.5, 0.6) is 0 Å². The zero-order chi connectivity index (χ0) is 12.3. The SMILES string of the molecule is CC(O[Si])=C(C)c1ccccc1C(C)(C)C. The summed E-state index contributed by atoms with van der Waals surface area (Å²) in [6.45, 7) is 10.7. The summed E-state index contributed by atoms with van der Waals surface area (Å²) in [6.07, 6.45) is 0. The van der Waals surface area contributed by atoms with Crippen molar-refractivity contribution in [2.24, 2.45) is 0 Å². The van der Waals surface area contributed by atoms with Gasteiger partial charge in [0, 0.05) is 0 Å². The summed E-state index contributed by atoms with van der Waals surface area (Å²) in [5.41, 5.74) is 3.91. The molecule has 1 nitrogen and oxygen atoms in total. The Labute approximate surface area is 102 Å². The highest BCUT2D eigenvalue weighted by Crippen LogP contribution is 2.31. The van der Waals surface area contributed by atoms with Gasteiger partial charge in [-0.05, 0) is 36.0 Å². The Morgan fingerprint density at radius 1 is 1.12 bits per heavy atom. The molecular weight excluding hydrogens is 212 g/mol. The van der Waals surface area contributed by atoms with Crippen molar-refractivity contribution >= 4 is 16.1 Å². The molecule has 0 saturated carbocycles. The van der Waals surface area contributed by atoms with Crippen molar-refractivity contribution in [2.45, 2.75) is 40.0 Å². The van der Waals surface area contributed by atoms with E-state index in [0.717, 1.165) is 5.76 Å². The quantitative estimate of drug-likeness (QED) is 0.555. The summed E-state index contributed by atoms with van der Waals surface area (Å²) in [7, 11) is 3.08. The van der Waals surface area contributed by atoms with Crippen molar-refractivity contribution in [3.63, 3.8) is 0 Å². The lowest BCUT2D eigenvalue weighted by Crippen LogP contribution is -2.13. The van der Waals surface area contributed by atoms with Gasteiger partial charge in [-0.2, -0.15) is 0 Å². The van der Waals surface area contributed by atoms with Crippen LogP contribution in [0.2, 0.25) is 0 Å². The lowest BCUT2D eigenvalue weighted by atomic mass is 9.82. The van der Waals surface area contributed by atoms with Crippen molar-refractivity contribution in [1.29, 1.82) is 0 Å². The first kappa shape index (κ1) is 13.0. The summed E-state index contributed by atoms with van der Waals surface area (Å²) in [5.74, 6) is 0.897. The Morgan fingerprint density at radius 2 is 1.69 bits per heavy atom. The molecule has 0 saturated heterocycles. The highest BCUT2D eigenvalue weighted by Gasteiger charge is 2.18. The molecule has 16 heavy (non-hydrogen) atoms. The van der Waals surface area contributed by atoms with Crippen molar-refractivity contribution in [3.05, 3.63) is 41.2 Å². The molecule has 1 aromatic carbocycles. The van der Waals surface area contributed by atoms with Crippen molar-refractivity contribution < 1.29 is 4.43 Å². The van der Waals surface area contributed by atoms with E-state index in [2.05, 4.69) is 62.4 Å². The second-order valence-electron chi connectivity index (χ2n) is 5.08. The number of hydrogen-bond donors (Lipinski definition) is 0. The average Bonchev–Trinajstić information content (AvgIpc) is 2.26. The minimum atomic E-state index is 0.143. The van der Waals surface area contributed by atoms with Crippen LogP contribution in [0, 0.1) is 0 Å². The molecule has 0 bridgehead atoms. The molecule has 0 aromatic heterocycles. The molecule has 0 atom stereocenters. The molecule has 2 heteroatoms. The molecule has 0 aliphatic rings. The molecule has 0 N–H and O–H groups in total. The van der Waals surface area contributed by atoms with Crippen LogP contribution in [0.15, 0.2) is 30.0 Å². The third-order valence-electron chi connectivity index (χ3n) is 2.82. The second kappa shape index (κ2) is 4.87. The molecule has 0 fully saturated rings. The monoisotopic (exact) mass is 231 g/mol. The Hall–Kier alpha value is -1.02. The number of allylic oxidation sites excluding steroid dienone is 2. The number of hydrogen-bond acceptors (Lipinski definition) is 1. The van der Waals surface area contributed by atoms with E-state index in [1.807, 2.05) is 6.92 Å². The van der Waals surface area contributed by atoms with Gasteiger partial charge in [-0.3, -0.25) is 0 Å². The lowest BCUT2D eigenvalue weighted by Gasteiger charge is -2.23. The van der Waals surface area contributed by atoms with Crippen LogP contribution in [0.4, 0.5) is 0 Å². The first-order valence-corrected chi connectivity index (χ1v) is 5.89. The van der Waals surface area contributed by atoms with E-state index in [-0.39, 0.29) is 5.41 Å². The van der Waals surface area contributed by atoms with E-state index in [9.17, 15) is 0 Å². The highest BCUT2D eigenvalue weighted by atomic mass is 28.2. The summed E-state index contributed by atoms with van der Waals surface area (Å²) >= 11 is 0. The maximum absolute atomic E-state index is 5.12. The van der Waals surface area contributed by atoms with Crippen LogP contribution in [0.1, 0.15) is 45.7 Å². The topological polar surface area (TPSA) is 9.23 Å². The Kier molecular flexibility index (Phi) is 3.97. The third-order valence-corrected chi connectivity index (χ3v) is 3.13. The number of benzene rings is 1. The van der Waals surface area contributed by atoms with Crippen LogP contribution in [-0.4, -0.2) is 10.5 Å². The zero-order valence-corrected chi connectivity index (χ0v) is 11.7. The normalized spacial score (nSPS) is 13.4. The smallest absolute Gasteiger partial charge is 0.340 e. The summed E-state index contributed by atoms with van der Waals surface area (Å²) < 4.78 is 5.12. The van der Waals surface area contributed by atoms with Gasteiger partial charge in [0.2, 0.25) is 0 Å². The molecule has 0 amide bonds. The molecule has 1 aromatic rings. The maximum atomic E-state index is 5.12. The van der Waals surface area contributed by atoms with Crippen LogP contribution in [-0.2, 0) is 9.84 Å². The van der Waals surface area contributed by atoms with Crippen LogP contribution in [0.3, 0.4) is 0 Å². The summed E-state index contributed by atoms with van der Waals surface area (Å²) in [4.78, 5) is 0. The van der Waals surface area contributed by atoms with Gasteiger partial charge in [0.05, 0.1) is 5.76 Å². The molecule has 0 spiro atoms. The highest BCUT2D eigenvalue weighted by molar-refractivity contribution is 5.99. The maximum Gasteiger partial charge on any atom is 0.340 e. The van der Waals surface area contributed by atoms with E-state index in [4.69, 9.17) is 4.43 Å². The largest absolute Gasteiger partial charge is 0.543 e. The Balaban J connectivity index is 3.36. The van der Waals surface area contributed by atoms with Crippen LogP contribution < -0.4 is 0 Å². The first-order chi connectivity index (χ1) is 7.38. The first-order valence-electron chi connectivity index (χ1n) is 5.49. The molecule has 85 valence electrons. The summed E-state index contributed by atoms with van der Waals surface area (Å²) in [6, 6.07) is 8.47. The van der Waals surface area contributed by atoms with Gasteiger partial charge in [0.25, 0.3) is 0 Å². The fourth-order valence-corrected chi connectivity index (χ4v) is 1.88. The van der Waals surface area contributed by atoms with E-state index in [0.29, 0.717) is 0 Å². The van der Waals surface area contributed by atoms with Gasteiger partial charge < -0.3 is 4.43 Å². The fourth-order valence-electron chi connectivity index (χ4n) is 1.73. The van der Waals surface area contributed by atoms with E-state index >= 15 is 0 Å². The van der Waals surface area contributed by atoms with Crippen LogP contribution >= 0.6 is 0 Å². The predicted molar refractivity (Wildman–Crippen MR) is 70.2 cm³/mol. The van der Waals surface area contributed by atoms with E-state index in [1.54, 1.807) is 0 Å². The van der Waals surface area contributed by atoms with Gasteiger partial charge in [-0.1, -0.05) is 45.0 Å². The van der Waals surface area contributed by atoms with Gasteiger partial charge in [-0.25, -0.2) is 0 Å². The van der Waals surface area contributed by atoms with E-state index < -0.39 is 0 Å². The van der Waals surface area contributed by atoms with Crippen molar-refractivity contribution in [2.75, 3.05) is 0 Å². The molecular formula is C14H19OSi. The van der Waals surface area contributed by atoms with Crippen molar-refractivity contribution in [3.8, 4) is 0 Å². The molecule has 0 aliphatic heterocycles.